The quantitative estimate of drug-likeness (QED) is 0.601. The molecule has 0 aliphatic carbocycles. The van der Waals surface area contributed by atoms with E-state index in [0.29, 0.717) is 16.0 Å². The van der Waals surface area contributed by atoms with Gasteiger partial charge in [-0.1, -0.05) is 15.9 Å². The van der Waals surface area contributed by atoms with Crippen LogP contribution in [0.25, 0.3) is 0 Å². The summed E-state index contributed by atoms with van der Waals surface area (Å²) in [6.07, 6.45) is 1.46. The van der Waals surface area contributed by atoms with Gasteiger partial charge in [0.05, 0.1) is 0 Å². The van der Waals surface area contributed by atoms with Gasteiger partial charge in [0.15, 0.2) is 11.6 Å². The minimum absolute atomic E-state index is 0.229. The second-order valence-corrected chi connectivity index (χ2v) is 4.36. The van der Waals surface area contributed by atoms with Crippen molar-refractivity contribution >= 4 is 33.1 Å². The van der Waals surface area contributed by atoms with Gasteiger partial charge >= 0.3 is 0 Å². The highest BCUT2D eigenvalue weighted by atomic mass is 79.9. The molecule has 0 fully saturated rings. The summed E-state index contributed by atoms with van der Waals surface area (Å²) < 4.78 is 27.5. The second kappa shape index (κ2) is 5.28. The number of aromatic nitrogens is 1. The Hall–Kier alpha value is -1.73. The molecule has 0 saturated carbocycles. The van der Waals surface area contributed by atoms with Gasteiger partial charge in [-0.3, -0.25) is 0 Å². The summed E-state index contributed by atoms with van der Waals surface area (Å²) in [5.41, 5.74) is 2.59. The lowest BCUT2D eigenvalue weighted by atomic mass is 10.2. The van der Waals surface area contributed by atoms with Gasteiger partial charge in [0, 0.05) is 22.4 Å². The molecule has 0 aliphatic heterocycles. The predicted molar refractivity (Wildman–Crippen MR) is 69.4 cm³/mol. The van der Waals surface area contributed by atoms with E-state index in [9.17, 15) is 8.78 Å². The number of nitrogens with two attached hydrogens (primary N) is 1. The lowest BCUT2D eigenvalue weighted by Crippen LogP contribution is -2.08. The number of nitrogens with zero attached hydrogens (tertiary/aromatic N) is 1. The largest absolute Gasteiger partial charge is 0.351 e. The Labute approximate surface area is 110 Å². The van der Waals surface area contributed by atoms with Crippen LogP contribution in [0.2, 0.25) is 0 Å². The minimum atomic E-state index is -0.694. The molecule has 4 N–H and O–H groups in total. The van der Waals surface area contributed by atoms with Gasteiger partial charge in [0.25, 0.3) is 0 Å². The Bertz CT molecular complexity index is 554. The van der Waals surface area contributed by atoms with Crippen LogP contribution in [0.15, 0.2) is 34.9 Å². The molecule has 0 bridgehead atoms. The average molecular weight is 315 g/mol. The van der Waals surface area contributed by atoms with Crippen LogP contribution in [0.5, 0.6) is 0 Å². The van der Waals surface area contributed by atoms with E-state index in [0.717, 1.165) is 0 Å². The Morgan fingerprint density at radius 1 is 1.17 bits per heavy atom. The molecule has 0 amide bonds. The van der Waals surface area contributed by atoms with E-state index in [1.807, 2.05) is 0 Å². The molecule has 94 valence electrons. The fraction of sp³-hybridized carbons (Fsp3) is 0. The van der Waals surface area contributed by atoms with E-state index < -0.39 is 11.6 Å². The van der Waals surface area contributed by atoms with Gasteiger partial charge in [-0.15, -0.1) is 0 Å². The molecule has 0 aliphatic rings. The summed E-state index contributed by atoms with van der Waals surface area (Å²) in [5, 5.41) is 2.64. The molecule has 7 heteroatoms. The summed E-state index contributed by atoms with van der Waals surface area (Å²) >= 11 is 3.01. The van der Waals surface area contributed by atoms with Crippen LogP contribution in [-0.2, 0) is 0 Å². The van der Waals surface area contributed by atoms with Gasteiger partial charge < -0.3 is 10.7 Å². The number of nitrogens with one attached hydrogen (secondary N) is 2. The number of halogens is 3. The van der Waals surface area contributed by atoms with E-state index in [2.05, 4.69) is 31.7 Å². The first-order valence-corrected chi connectivity index (χ1v) is 5.73. The van der Waals surface area contributed by atoms with Crippen molar-refractivity contribution < 1.29 is 8.78 Å². The summed E-state index contributed by atoms with van der Waals surface area (Å²) in [6, 6.07) is 5.45. The Morgan fingerprint density at radius 2 is 1.83 bits per heavy atom. The van der Waals surface area contributed by atoms with Gasteiger partial charge in [-0.25, -0.2) is 19.6 Å². The zero-order valence-corrected chi connectivity index (χ0v) is 10.6. The minimum Gasteiger partial charge on any atom is -0.351 e. The molecule has 0 atom stereocenters. The molecule has 18 heavy (non-hydrogen) atoms. The van der Waals surface area contributed by atoms with E-state index in [-0.39, 0.29) is 5.69 Å². The van der Waals surface area contributed by atoms with Crippen molar-refractivity contribution in [1.29, 1.82) is 0 Å². The summed E-state index contributed by atoms with van der Waals surface area (Å²) in [6.45, 7) is 0. The maximum atomic E-state index is 13.6. The van der Waals surface area contributed by atoms with Crippen molar-refractivity contribution in [3.8, 4) is 0 Å². The van der Waals surface area contributed by atoms with Crippen LogP contribution in [0.4, 0.5) is 26.0 Å². The number of hydrogen-bond donors (Lipinski definition) is 3. The number of rotatable bonds is 3. The molecule has 2 rings (SSSR count). The normalized spacial score (nSPS) is 10.2. The number of hydrazine groups is 1. The molecule has 0 unspecified atom stereocenters. The highest BCUT2D eigenvalue weighted by Gasteiger charge is 2.10. The third kappa shape index (κ3) is 2.74. The van der Waals surface area contributed by atoms with Crippen molar-refractivity contribution in [3.05, 3.63) is 46.6 Å². The molecule has 4 nitrogen and oxygen atoms in total. The fourth-order valence-corrected chi connectivity index (χ4v) is 1.80. The molecule has 0 saturated heterocycles. The highest BCUT2D eigenvalue weighted by Crippen LogP contribution is 2.27. The Kier molecular flexibility index (Phi) is 3.73. The van der Waals surface area contributed by atoms with Crippen LogP contribution in [0.1, 0.15) is 0 Å². The number of benzene rings is 1. The van der Waals surface area contributed by atoms with Gasteiger partial charge in [-0.05, 0) is 18.2 Å². The zero-order valence-electron chi connectivity index (χ0n) is 9.05. The Morgan fingerprint density at radius 3 is 2.44 bits per heavy atom. The van der Waals surface area contributed by atoms with Crippen molar-refractivity contribution in [3.63, 3.8) is 0 Å². The number of nitrogen functional groups attached to an aromatic ring is 1. The molecule has 1 heterocycles. The third-order valence-corrected chi connectivity index (χ3v) is 2.64. The maximum absolute atomic E-state index is 13.6. The number of anilines is 3. The van der Waals surface area contributed by atoms with Crippen LogP contribution in [0.3, 0.4) is 0 Å². The van der Waals surface area contributed by atoms with Crippen molar-refractivity contribution in [2.45, 2.75) is 0 Å². The van der Waals surface area contributed by atoms with Crippen molar-refractivity contribution in [2.75, 3.05) is 10.7 Å². The van der Waals surface area contributed by atoms with E-state index in [1.165, 1.54) is 24.4 Å². The second-order valence-electron chi connectivity index (χ2n) is 3.44. The van der Waals surface area contributed by atoms with Gasteiger partial charge in [0.1, 0.15) is 11.5 Å². The molecular formula is C11H9BrF2N4. The molecule has 0 spiro atoms. The predicted octanol–water partition coefficient (Wildman–Crippen LogP) is 3.15. The van der Waals surface area contributed by atoms with E-state index >= 15 is 0 Å². The first kappa shape index (κ1) is 12.7. The highest BCUT2D eigenvalue weighted by molar-refractivity contribution is 9.10. The molecule has 1 aromatic carbocycles. The van der Waals surface area contributed by atoms with Crippen LogP contribution in [-0.4, -0.2) is 4.98 Å². The average Bonchev–Trinajstić information content (AvgIpc) is 2.34. The zero-order chi connectivity index (χ0) is 13.1. The first-order valence-electron chi connectivity index (χ1n) is 4.94. The molecule has 1 aromatic heterocycles. The van der Waals surface area contributed by atoms with Crippen LogP contribution in [0, 0.1) is 11.6 Å². The smallest absolute Gasteiger partial charge is 0.150 e. The lowest BCUT2D eigenvalue weighted by Gasteiger charge is -2.10. The topological polar surface area (TPSA) is 63.0 Å². The van der Waals surface area contributed by atoms with Crippen molar-refractivity contribution in [1.82, 2.24) is 4.98 Å². The maximum Gasteiger partial charge on any atom is 0.150 e. The third-order valence-electron chi connectivity index (χ3n) is 2.18. The van der Waals surface area contributed by atoms with E-state index in [4.69, 9.17) is 5.84 Å². The number of pyridine rings is 1. The first-order chi connectivity index (χ1) is 8.60. The summed E-state index contributed by atoms with van der Waals surface area (Å²) in [7, 11) is 0. The molecular weight excluding hydrogens is 306 g/mol. The standard InChI is InChI=1S/C11H9BrF2N4/c12-6-3-8(13)11(9(14)4-6)17-7-1-2-16-10(5-7)18-15/h1-5H,15H2,(H2,16,17,18). The van der Waals surface area contributed by atoms with Gasteiger partial charge in [-0.2, -0.15) is 0 Å². The van der Waals surface area contributed by atoms with Crippen LogP contribution < -0.4 is 16.6 Å². The van der Waals surface area contributed by atoms with E-state index in [1.54, 1.807) is 6.07 Å². The van der Waals surface area contributed by atoms with Gasteiger partial charge in [0.2, 0.25) is 0 Å². The Balaban J connectivity index is 2.33. The molecule has 2 aromatic rings. The lowest BCUT2D eigenvalue weighted by molar-refractivity contribution is 0.589. The van der Waals surface area contributed by atoms with Crippen LogP contribution >= 0.6 is 15.9 Å². The SMILES string of the molecule is NNc1cc(Nc2c(F)cc(Br)cc2F)ccn1. The number of hydrogen-bond acceptors (Lipinski definition) is 4. The van der Waals surface area contributed by atoms with Crippen molar-refractivity contribution in [2.24, 2.45) is 5.84 Å². The fourth-order valence-electron chi connectivity index (χ4n) is 1.39. The summed E-state index contributed by atoms with van der Waals surface area (Å²) in [5.74, 6) is 4.20. The monoisotopic (exact) mass is 314 g/mol. The summed E-state index contributed by atoms with van der Waals surface area (Å²) in [4.78, 5) is 3.89. The molecule has 0 radical (unpaired) electrons.